The van der Waals surface area contributed by atoms with Crippen LogP contribution in [0.3, 0.4) is 0 Å². The molecule has 0 bridgehead atoms. The van der Waals surface area contributed by atoms with Crippen LogP contribution >= 0.6 is 0 Å². The van der Waals surface area contributed by atoms with Crippen molar-refractivity contribution in [3.63, 3.8) is 0 Å². The van der Waals surface area contributed by atoms with Gasteiger partial charge in [-0.25, -0.2) is 23.5 Å². The summed E-state index contributed by atoms with van der Waals surface area (Å²) in [5.41, 5.74) is 0.734. The quantitative estimate of drug-likeness (QED) is 0.449. The lowest BCUT2D eigenvalue weighted by Crippen LogP contribution is -2.43. The van der Waals surface area contributed by atoms with E-state index in [-0.39, 0.29) is 24.0 Å². The second-order valence-electron chi connectivity index (χ2n) is 8.24. The van der Waals surface area contributed by atoms with Crippen molar-refractivity contribution < 1.29 is 28.2 Å². The van der Waals surface area contributed by atoms with Gasteiger partial charge in [-0.3, -0.25) is 4.79 Å². The Hall–Kier alpha value is -4.08. The molecular weight excluding hydrogens is 446 g/mol. The number of aryl methyl sites for hydroxylation is 1. The van der Waals surface area contributed by atoms with E-state index < -0.39 is 29.0 Å². The minimum atomic E-state index is -0.891. The normalized spacial score (nSPS) is 14.1. The van der Waals surface area contributed by atoms with Gasteiger partial charge in [0.05, 0.1) is 11.4 Å². The smallest absolute Gasteiger partial charge is 0.323 e. The number of urea groups is 1. The number of carboxylic acid groups (broad SMARTS) is 1. The van der Waals surface area contributed by atoms with Gasteiger partial charge in [0.2, 0.25) is 0 Å². The van der Waals surface area contributed by atoms with Crippen LogP contribution in [0.2, 0.25) is 0 Å². The molecule has 34 heavy (non-hydrogen) atoms. The Kier molecular flexibility index (Phi) is 6.40. The van der Waals surface area contributed by atoms with Crippen LogP contribution in [0, 0.1) is 24.0 Å². The van der Waals surface area contributed by atoms with Crippen LogP contribution in [-0.4, -0.2) is 33.7 Å². The van der Waals surface area contributed by atoms with Gasteiger partial charge in [-0.2, -0.15) is 0 Å². The van der Waals surface area contributed by atoms with E-state index in [0.717, 1.165) is 12.0 Å². The van der Waals surface area contributed by atoms with E-state index in [4.69, 9.17) is 4.74 Å². The molecule has 1 aliphatic rings. The summed E-state index contributed by atoms with van der Waals surface area (Å²) in [6, 6.07) is 7.66. The summed E-state index contributed by atoms with van der Waals surface area (Å²) in [6.07, 6.45) is 4.82. The van der Waals surface area contributed by atoms with Crippen LogP contribution < -0.4 is 15.4 Å². The highest BCUT2D eigenvalue weighted by atomic mass is 19.1. The largest absolute Gasteiger partial charge is 0.481 e. The Morgan fingerprint density at radius 2 is 1.71 bits per heavy atom. The Labute approximate surface area is 194 Å². The SMILES string of the molecule is Cc1ccc(F)c(NC(=O)Nc2ccc(-c3cnc(OCC4(C(=O)O)CCC4)nc3)cc2F)c1. The standard InChI is InChI=1S/C24H22F2N4O4/c1-14-3-5-17(25)20(9-14)30-22(33)29-19-6-4-15(10-18(19)26)16-11-27-23(28-12-16)34-13-24(21(31)32)7-2-8-24/h3-6,9-12H,2,7-8,13H2,1H3,(H,31,32)(H2,29,30,33). The number of benzene rings is 2. The zero-order chi connectivity index (χ0) is 24.3. The number of hydrogen-bond acceptors (Lipinski definition) is 5. The van der Waals surface area contributed by atoms with E-state index >= 15 is 0 Å². The number of halogens is 2. The Bertz CT molecular complexity index is 1230. The van der Waals surface area contributed by atoms with E-state index in [1.54, 1.807) is 19.1 Å². The minimum Gasteiger partial charge on any atom is -0.481 e. The highest BCUT2D eigenvalue weighted by Crippen LogP contribution is 2.41. The molecular formula is C24H22F2N4O4. The highest BCUT2D eigenvalue weighted by molar-refractivity contribution is 6.00. The molecule has 0 saturated heterocycles. The summed E-state index contributed by atoms with van der Waals surface area (Å²) in [4.78, 5) is 31.7. The lowest BCUT2D eigenvalue weighted by molar-refractivity contribution is -0.157. The number of nitrogens with zero attached hydrogens (tertiary/aromatic N) is 2. The number of carboxylic acids is 1. The van der Waals surface area contributed by atoms with Gasteiger partial charge in [0.15, 0.2) is 0 Å². The van der Waals surface area contributed by atoms with E-state index in [1.807, 2.05) is 0 Å². The lowest BCUT2D eigenvalue weighted by atomic mass is 9.69. The molecule has 10 heteroatoms. The number of rotatable bonds is 7. The van der Waals surface area contributed by atoms with Crippen molar-refractivity contribution in [1.82, 2.24) is 9.97 Å². The first-order chi connectivity index (χ1) is 16.3. The molecule has 0 aliphatic heterocycles. The molecule has 1 saturated carbocycles. The fourth-order valence-corrected chi connectivity index (χ4v) is 3.57. The number of carbonyl (C=O) groups excluding carboxylic acids is 1. The third-order valence-electron chi connectivity index (χ3n) is 5.79. The molecule has 176 valence electrons. The van der Waals surface area contributed by atoms with E-state index in [1.165, 1.54) is 36.7 Å². The van der Waals surface area contributed by atoms with Crippen LogP contribution in [0.4, 0.5) is 25.0 Å². The fraction of sp³-hybridized carbons (Fsp3) is 0.250. The average Bonchev–Trinajstić information content (AvgIpc) is 2.77. The second-order valence-corrected chi connectivity index (χ2v) is 8.24. The van der Waals surface area contributed by atoms with Gasteiger partial charge in [-0.15, -0.1) is 0 Å². The zero-order valence-electron chi connectivity index (χ0n) is 18.3. The summed E-state index contributed by atoms with van der Waals surface area (Å²) in [5, 5.41) is 14.1. The zero-order valence-corrected chi connectivity index (χ0v) is 18.3. The molecule has 1 heterocycles. The van der Waals surface area contributed by atoms with E-state index in [0.29, 0.717) is 24.0 Å². The lowest BCUT2D eigenvalue weighted by Gasteiger charge is -2.36. The number of aliphatic carboxylic acids is 1. The van der Waals surface area contributed by atoms with Gasteiger partial charge in [0, 0.05) is 18.0 Å². The van der Waals surface area contributed by atoms with Crippen molar-refractivity contribution >= 4 is 23.4 Å². The molecule has 1 aromatic heterocycles. The van der Waals surface area contributed by atoms with Crippen LogP contribution in [0.15, 0.2) is 48.8 Å². The van der Waals surface area contributed by atoms with Crippen molar-refractivity contribution in [3.05, 3.63) is 66.0 Å². The van der Waals surface area contributed by atoms with Crippen LogP contribution in [0.25, 0.3) is 11.1 Å². The molecule has 0 spiro atoms. The van der Waals surface area contributed by atoms with Crippen molar-refractivity contribution in [1.29, 1.82) is 0 Å². The number of ether oxygens (including phenoxy) is 1. The number of nitrogens with one attached hydrogen (secondary N) is 2. The first kappa shape index (κ1) is 23.1. The summed E-state index contributed by atoms with van der Waals surface area (Å²) < 4.78 is 33.9. The monoisotopic (exact) mass is 468 g/mol. The number of carbonyl (C=O) groups is 2. The summed E-state index contributed by atoms with van der Waals surface area (Å²) in [5.74, 6) is -2.20. The molecule has 0 unspecified atom stereocenters. The molecule has 2 amide bonds. The van der Waals surface area contributed by atoms with Gasteiger partial charge in [0.1, 0.15) is 23.7 Å². The summed E-state index contributed by atoms with van der Waals surface area (Å²) >= 11 is 0. The Balaban J connectivity index is 1.39. The highest BCUT2D eigenvalue weighted by Gasteiger charge is 2.45. The maximum Gasteiger partial charge on any atom is 0.323 e. The van der Waals surface area contributed by atoms with Crippen molar-refractivity contribution in [2.45, 2.75) is 26.2 Å². The molecule has 4 rings (SSSR count). The molecule has 8 nitrogen and oxygen atoms in total. The number of hydrogen-bond donors (Lipinski definition) is 3. The number of amides is 2. The third-order valence-corrected chi connectivity index (χ3v) is 5.79. The first-order valence-corrected chi connectivity index (χ1v) is 10.6. The van der Waals surface area contributed by atoms with Gasteiger partial charge in [0.25, 0.3) is 0 Å². The number of aromatic nitrogens is 2. The molecule has 3 N–H and O–H groups in total. The Morgan fingerprint density at radius 3 is 2.32 bits per heavy atom. The average molecular weight is 468 g/mol. The molecule has 1 fully saturated rings. The fourth-order valence-electron chi connectivity index (χ4n) is 3.57. The molecule has 1 aliphatic carbocycles. The molecule has 3 aromatic rings. The van der Waals surface area contributed by atoms with Gasteiger partial charge >= 0.3 is 18.0 Å². The molecule has 2 aromatic carbocycles. The van der Waals surface area contributed by atoms with E-state index in [2.05, 4.69) is 20.6 Å². The molecule has 0 atom stereocenters. The predicted molar refractivity (Wildman–Crippen MR) is 121 cm³/mol. The van der Waals surface area contributed by atoms with E-state index in [9.17, 15) is 23.5 Å². The second kappa shape index (κ2) is 9.42. The maximum absolute atomic E-state index is 14.6. The first-order valence-electron chi connectivity index (χ1n) is 10.6. The van der Waals surface area contributed by atoms with Crippen molar-refractivity contribution in [2.75, 3.05) is 17.2 Å². The summed E-state index contributed by atoms with van der Waals surface area (Å²) in [6.45, 7) is 1.75. The minimum absolute atomic E-state index is 0.00874. The predicted octanol–water partition coefficient (Wildman–Crippen LogP) is 5.01. The van der Waals surface area contributed by atoms with Gasteiger partial charge in [-0.05, 0) is 55.2 Å². The number of anilines is 2. The van der Waals surface area contributed by atoms with Crippen LogP contribution in [0.5, 0.6) is 6.01 Å². The topological polar surface area (TPSA) is 113 Å². The maximum atomic E-state index is 14.6. The van der Waals surface area contributed by atoms with Crippen molar-refractivity contribution in [3.8, 4) is 17.1 Å². The van der Waals surface area contributed by atoms with Gasteiger partial charge < -0.3 is 20.5 Å². The van der Waals surface area contributed by atoms with Crippen molar-refractivity contribution in [2.24, 2.45) is 5.41 Å². The third kappa shape index (κ3) is 4.95. The van der Waals surface area contributed by atoms with Gasteiger partial charge in [-0.1, -0.05) is 18.6 Å². The molecule has 0 radical (unpaired) electrons. The summed E-state index contributed by atoms with van der Waals surface area (Å²) in [7, 11) is 0. The van der Waals surface area contributed by atoms with Crippen LogP contribution in [0.1, 0.15) is 24.8 Å². The van der Waals surface area contributed by atoms with Crippen LogP contribution in [-0.2, 0) is 4.79 Å². The Morgan fingerprint density at radius 1 is 1.00 bits per heavy atom.